The first-order valence-electron chi connectivity index (χ1n) is 9.39. The first-order chi connectivity index (χ1) is 13.4. The molecule has 0 aromatic heterocycles. The average molecular weight is 401 g/mol. The molecule has 0 N–H and O–H groups in total. The molecule has 2 aromatic rings. The second-order valence-corrected chi connectivity index (χ2v) is 7.56. The van der Waals surface area contributed by atoms with Crippen LogP contribution in [0.25, 0.3) is 0 Å². The number of halogens is 1. The fourth-order valence-electron chi connectivity index (χ4n) is 3.34. The van der Waals surface area contributed by atoms with Gasteiger partial charge in [-0.2, -0.15) is 0 Å². The SMILES string of the molecule is Cc1ccc(C)c(OCC(=O)N2CCN(C(=O)c3cccc(Cl)c3)CC2)c1C. The quantitative estimate of drug-likeness (QED) is 0.787. The van der Waals surface area contributed by atoms with E-state index >= 15 is 0 Å². The van der Waals surface area contributed by atoms with Crippen LogP contribution in [0.1, 0.15) is 27.0 Å². The number of ether oxygens (including phenoxy) is 1. The summed E-state index contributed by atoms with van der Waals surface area (Å²) in [6, 6.07) is 11.0. The zero-order chi connectivity index (χ0) is 20.3. The predicted octanol–water partition coefficient (Wildman–Crippen LogP) is 3.63. The van der Waals surface area contributed by atoms with E-state index in [0.717, 1.165) is 22.4 Å². The molecular formula is C22H25ClN2O3. The van der Waals surface area contributed by atoms with E-state index in [0.29, 0.717) is 36.8 Å². The van der Waals surface area contributed by atoms with Crippen molar-refractivity contribution in [3.8, 4) is 5.75 Å². The van der Waals surface area contributed by atoms with Crippen molar-refractivity contribution >= 4 is 23.4 Å². The lowest BCUT2D eigenvalue weighted by molar-refractivity contribution is -0.134. The van der Waals surface area contributed by atoms with E-state index in [2.05, 4.69) is 6.07 Å². The smallest absolute Gasteiger partial charge is 0.260 e. The predicted molar refractivity (Wildman–Crippen MR) is 110 cm³/mol. The van der Waals surface area contributed by atoms with Crippen LogP contribution in [0.4, 0.5) is 0 Å². The molecular weight excluding hydrogens is 376 g/mol. The van der Waals surface area contributed by atoms with Gasteiger partial charge in [-0.1, -0.05) is 29.8 Å². The Bertz CT molecular complexity index is 889. The summed E-state index contributed by atoms with van der Waals surface area (Å²) in [7, 11) is 0. The van der Waals surface area contributed by atoms with Crippen LogP contribution in [0.15, 0.2) is 36.4 Å². The van der Waals surface area contributed by atoms with Gasteiger partial charge in [-0.25, -0.2) is 0 Å². The molecule has 0 spiro atoms. The summed E-state index contributed by atoms with van der Waals surface area (Å²) in [5, 5.41) is 0.540. The summed E-state index contributed by atoms with van der Waals surface area (Å²) >= 11 is 5.97. The first-order valence-corrected chi connectivity index (χ1v) is 9.77. The van der Waals surface area contributed by atoms with E-state index < -0.39 is 0 Å². The number of aryl methyl sites for hydroxylation is 2. The Kier molecular flexibility index (Phi) is 6.25. The molecule has 0 atom stereocenters. The number of carbonyl (C=O) groups is 2. The van der Waals surface area contributed by atoms with Gasteiger partial charge in [0.2, 0.25) is 0 Å². The minimum absolute atomic E-state index is 0.00731. The Morgan fingerprint density at radius 3 is 2.29 bits per heavy atom. The molecule has 3 rings (SSSR count). The van der Waals surface area contributed by atoms with E-state index in [1.54, 1.807) is 34.1 Å². The van der Waals surface area contributed by atoms with Crippen molar-refractivity contribution in [1.29, 1.82) is 0 Å². The molecule has 0 radical (unpaired) electrons. The number of hydrogen-bond donors (Lipinski definition) is 0. The highest BCUT2D eigenvalue weighted by Crippen LogP contribution is 2.25. The molecule has 5 nitrogen and oxygen atoms in total. The van der Waals surface area contributed by atoms with E-state index in [9.17, 15) is 9.59 Å². The highest BCUT2D eigenvalue weighted by molar-refractivity contribution is 6.30. The van der Waals surface area contributed by atoms with Crippen LogP contribution >= 0.6 is 11.6 Å². The topological polar surface area (TPSA) is 49.9 Å². The molecule has 1 heterocycles. The molecule has 1 aliphatic rings. The van der Waals surface area contributed by atoms with Crippen LogP contribution in [0.3, 0.4) is 0 Å². The van der Waals surface area contributed by atoms with E-state index in [1.165, 1.54) is 0 Å². The third-order valence-corrected chi connectivity index (χ3v) is 5.44. The Labute approximate surface area is 170 Å². The van der Waals surface area contributed by atoms with Gasteiger partial charge in [-0.15, -0.1) is 0 Å². The summed E-state index contributed by atoms with van der Waals surface area (Å²) in [4.78, 5) is 28.6. The van der Waals surface area contributed by atoms with Crippen molar-refractivity contribution in [2.75, 3.05) is 32.8 Å². The van der Waals surface area contributed by atoms with Crippen LogP contribution in [0.5, 0.6) is 5.75 Å². The third kappa shape index (κ3) is 4.47. The van der Waals surface area contributed by atoms with Crippen molar-refractivity contribution in [2.24, 2.45) is 0 Å². The zero-order valence-corrected chi connectivity index (χ0v) is 17.3. The highest BCUT2D eigenvalue weighted by atomic mass is 35.5. The van der Waals surface area contributed by atoms with E-state index in [4.69, 9.17) is 16.3 Å². The van der Waals surface area contributed by atoms with Crippen LogP contribution in [-0.4, -0.2) is 54.4 Å². The van der Waals surface area contributed by atoms with Gasteiger partial charge in [0.05, 0.1) is 0 Å². The van der Waals surface area contributed by atoms with Crippen LogP contribution < -0.4 is 4.74 Å². The molecule has 2 aromatic carbocycles. The first kappa shape index (κ1) is 20.2. The number of rotatable bonds is 4. The number of piperazine rings is 1. The Morgan fingerprint density at radius 1 is 0.964 bits per heavy atom. The number of hydrogen-bond acceptors (Lipinski definition) is 3. The average Bonchev–Trinajstić information content (AvgIpc) is 2.70. The molecule has 28 heavy (non-hydrogen) atoms. The normalized spacial score (nSPS) is 14.1. The van der Waals surface area contributed by atoms with Gasteiger partial charge in [0, 0.05) is 36.8 Å². The molecule has 0 saturated carbocycles. The Morgan fingerprint density at radius 2 is 1.61 bits per heavy atom. The largest absolute Gasteiger partial charge is 0.483 e. The minimum Gasteiger partial charge on any atom is -0.483 e. The monoisotopic (exact) mass is 400 g/mol. The molecule has 1 saturated heterocycles. The number of nitrogens with zero attached hydrogens (tertiary/aromatic N) is 2. The molecule has 0 aliphatic carbocycles. The fraction of sp³-hybridized carbons (Fsp3) is 0.364. The fourth-order valence-corrected chi connectivity index (χ4v) is 3.53. The minimum atomic E-state index is -0.0600. The van der Waals surface area contributed by atoms with Crippen molar-refractivity contribution in [1.82, 2.24) is 9.80 Å². The Hall–Kier alpha value is -2.53. The number of benzene rings is 2. The van der Waals surface area contributed by atoms with Crippen molar-refractivity contribution in [3.05, 3.63) is 63.7 Å². The third-order valence-electron chi connectivity index (χ3n) is 5.20. The summed E-state index contributed by atoms with van der Waals surface area (Å²) in [6.07, 6.45) is 0. The molecule has 2 amide bonds. The standard InChI is InChI=1S/C22H25ClN2O3/c1-15-7-8-16(2)21(17(15)3)28-14-20(26)24-9-11-25(12-10-24)22(27)18-5-4-6-19(23)13-18/h4-8,13H,9-12,14H2,1-3H3. The maximum atomic E-state index is 12.6. The molecule has 148 valence electrons. The second-order valence-electron chi connectivity index (χ2n) is 7.13. The lowest BCUT2D eigenvalue weighted by Gasteiger charge is -2.34. The highest BCUT2D eigenvalue weighted by Gasteiger charge is 2.25. The van der Waals surface area contributed by atoms with Crippen LogP contribution in [-0.2, 0) is 4.79 Å². The van der Waals surface area contributed by atoms with Gasteiger partial charge < -0.3 is 14.5 Å². The van der Waals surface area contributed by atoms with Gasteiger partial charge in [0.25, 0.3) is 11.8 Å². The lowest BCUT2D eigenvalue weighted by Crippen LogP contribution is -2.51. The number of carbonyl (C=O) groups excluding carboxylic acids is 2. The van der Waals surface area contributed by atoms with Gasteiger partial charge in [0.1, 0.15) is 5.75 Å². The van der Waals surface area contributed by atoms with Gasteiger partial charge >= 0.3 is 0 Å². The maximum absolute atomic E-state index is 12.6. The van der Waals surface area contributed by atoms with E-state index in [1.807, 2.05) is 26.8 Å². The molecule has 1 fully saturated rings. The van der Waals surface area contributed by atoms with Crippen LogP contribution in [0.2, 0.25) is 5.02 Å². The van der Waals surface area contributed by atoms with Crippen molar-refractivity contribution < 1.29 is 14.3 Å². The van der Waals surface area contributed by atoms with Crippen molar-refractivity contribution in [3.63, 3.8) is 0 Å². The second kappa shape index (κ2) is 8.65. The molecule has 0 unspecified atom stereocenters. The van der Waals surface area contributed by atoms with Gasteiger partial charge in [-0.3, -0.25) is 9.59 Å². The summed E-state index contributed by atoms with van der Waals surface area (Å²) in [6.45, 7) is 8.02. The summed E-state index contributed by atoms with van der Waals surface area (Å²) in [5.41, 5.74) is 3.79. The maximum Gasteiger partial charge on any atom is 0.260 e. The Balaban J connectivity index is 1.54. The zero-order valence-electron chi connectivity index (χ0n) is 16.5. The van der Waals surface area contributed by atoms with Crippen molar-refractivity contribution in [2.45, 2.75) is 20.8 Å². The molecule has 1 aliphatic heterocycles. The van der Waals surface area contributed by atoms with Gasteiger partial charge in [0.15, 0.2) is 6.61 Å². The molecule has 6 heteroatoms. The number of amides is 2. The molecule has 0 bridgehead atoms. The summed E-state index contributed by atoms with van der Waals surface area (Å²) < 4.78 is 5.83. The van der Waals surface area contributed by atoms with E-state index in [-0.39, 0.29) is 18.4 Å². The lowest BCUT2D eigenvalue weighted by atomic mass is 10.1. The summed E-state index contributed by atoms with van der Waals surface area (Å²) in [5.74, 6) is 0.662. The van der Waals surface area contributed by atoms with Gasteiger partial charge in [-0.05, 0) is 55.7 Å². The van der Waals surface area contributed by atoms with Crippen LogP contribution in [0, 0.1) is 20.8 Å².